The van der Waals surface area contributed by atoms with Gasteiger partial charge >= 0.3 is 5.97 Å². The van der Waals surface area contributed by atoms with Gasteiger partial charge in [-0.25, -0.2) is 8.42 Å². The summed E-state index contributed by atoms with van der Waals surface area (Å²) in [4.78, 5) is 13.5. The molecular formula is C14H25NO4S. The molecule has 1 aliphatic carbocycles. The maximum Gasteiger partial charge on any atom is 0.320 e. The van der Waals surface area contributed by atoms with E-state index in [4.69, 9.17) is 0 Å². The Labute approximate surface area is 121 Å². The average Bonchev–Trinajstić information content (AvgIpc) is 2.78. The number of hydrogen-bond donors (Lipinski definition) is 1. The van der Waals surface area contributed by atoms with Crippen LogP contribution in [0, 0.1) is 5.92 Å². The fourth-order valence-electron chi connectivity index (χ4n) is 3.73. The standard InChI is InChI=1S/C14H25NO4S/c1-2-20(18,19)9-5-8-15-12-7-4-3-6-11(12)10-13(15)14(16)17/h11-13H,2-10H2,1H3,(H,16,17). The van der Waals surface area contributed by atoms with Crippen molar-refractivity contribution in [1.82, 2.24) is 4.90 Å². The number of sulfone groups is 1. The van der Waals surface area contributed by atoms with Crippen molar-refractivity contribution in [1.29, 1.82) is 0 Å². The second kappa shape index (κ2) is 6.43. The maximum atomic E-state index is 11.5. The third-order valence-corrected chi connectivity index (χ3v) is 6.61. The highest BCUT2D eigenvalue weighted by atomic mass is 32.2. The normalized spacial score (nSPS) is 31.1. The van der Waals surface area contributed by atoms with Crippen molar-refractivity contribution in [3.05, 3.63) is 0 Å². The summed E-state index contributed by atoms with van der Waals surface area (Å²) >= 11 is 0. The summed E-state index contributed by atoms with van der Waals surface area (Å²) in [7, 11) is -2.95. The van der Waals surface area contributed by atoms with Crippen molar-refractivity contribution in [2.24, 2.45) is 5.92 Å². The quantitative estimate of drug-likeness (QED) is 0.805. The first-order chi connectivity index (χ1) is 9.44. The van der Waals surface area contributed by atoms with Crippen LogP contribution < -0.4 is 0 Å². The summed E-state index contributed by atoms with van der Waals surface area (Å²) < 4.78 is 23.1. The Morgan fingerprint density at radius 3 is 2.65 bits per heavy atom. The van der Waals surface area contributed by atoms with Crippen molar-refractivity contribution < 1.29 is 18.3 Å². The molecule has 3 unspecified atom stereocenters. The molecule has 3 atom stereocenters. The third kappa shape index (κ3) is 3.52. The van der Waals surface area contributed by atoms with E-state index in [9.17, 15) is 18.3 Å². The van der Waals surface area contributed by atoms with Crippen LogP contribution in [0.2, 0.25) is 0 Å². The first kappa shape index (κ1) is 15.8. The van der Waals surface area contributed by atoms with Crippen LogP contribution in [0.25, 0.3) is 0 Å². The highest BCUT2D eigenvalue weighted by molar-refractivity contribution is 7.91. The molecule has 20 heavy (non-hydrogen) atoms. The maximum absolute atomic E-state index is 11.5. The molecule has 116 valence electrons. The smallest absolute Gasteiger partial charge is 0.320 e. The van der Waals surface area contributed by atoms with E-state index in [0.29, 0.717) is 24.9 Å². The lowest BCUT2D eigenvalue weighted by Gasteiger charge is -2.32. The zero-order valence-corrected chi connectivity index (χ0v) is 12.9. The summed E-state index contributed by atoms with van der Waals surface area (Å²) in [6.45, 7) is 2.25. The zero-order chi connectivity index (χ0) is 14.8. The van der Waals surface area contributed by atoms with Crippen molar-refractivity contribution in [2.75, 3.05) is 18.1 Å². The number of rotatable bonds is 6. The Morgan fingerprint density at radius 1 is 1.30 bits per heavy atom. The van der Waals surface area contributed by atoms with Gasteiger partial charge < -0.3 is 5.11 Å². The van der Waals surface area contributed by atoms with Gasteiger partial charge in [0.15, 0.2) is 0 Å². The molecule has 0 radical (unpaired) electrons. The van der Waals surface area contributed by atoms with Gasteiger partial charge in [0.1, 0.15) is 15.9 Å². The number of carboxylic acids is 1. The second-order valence-electron chi connectivity index (χ2n) is 6.03. The van der Waals surface area contributed by atoms with Crippen LogP contribution in [-0.2, 0) is 14.6 Å². The largest absolute Gasteiger partial charge is 0.480 e. The van der Waals surface area contributed by atoms with Crippen LogP contribution in [-0.4, -0.2) is 54.5 Å². The topological polar surface area (TPSA) is 74.7 Å². The highest BCUT2D eigenvalue weighted by Crippen LogP contribution is 2.39. The molecule has 1 saturated carbocycles. The molecule has 1 aliphatic heterocycles. The monoisotopic (exact) mass is 303 g/mol. The van der Waals surface area contributed by atoms with E-state index < -0.39 is 21.8 Å². The van der Waals surface area contributed by atoms with Crippen LogP contribution >= 0.6 is 0 Å². The van der Waals surface area contributed by atoms with Crippen molar-refractivity contribution in [3.63, 3.8) is 0 Å². The third-order valence-electron chi connectivity index (χ3n) is 4.82. The summed E-state index contributed by atoms with van der Waals surface area (Å²) in [6, 6.07) is -0.0541. The Morgan fingerprint density at radius 2 is 2.00 bits per heavy atom. The Bertz CT molecular complexity index is 448. The molecule has 0 aromatic heterocycles. The summed E-state index contributed by atoms with van der Waals surface area (Å²) in [5.74, 6) is 0.0795. The van der Waals surface area contributed by atoms with Gasteiger partial charge in [-0.3, -0.25) is 9.69 Å². The van der Waals surface area contributed by atoms with Gasteiger partial charge in [-0.05, 0) is 31.6 Å². The molecule has 0 aromatic carbocycles. The fourth-order valence-corrected chi connectivity index (χ4v) is 4.59. The van der Waals surface area contributed by atoms with Gasteiger partial charge in [0.25, 0.3) is 0 Å². The number of nitrogens with zero attached hydrogens (tertiary/aromatic N) is 1. The molecule has 1 heterocycles. The first-order valence-corrected chi connectivity index (χ1v) is 9.45. The average molecular weight is 303 g/mol. The highest BCUT2D eigenvalue weighted by Gasteiger charge is 2.44. The van der Waals surface area contributed by atoms with Crippen LogP contribution in [0.15, 0.2) is 0 Å². The molecule has 2 fully saturated rings. The number of aliphatic carboxylic acids is 1. The minimum absolute atomic E-state index is 0.168. The van der Waals surface area contributed by atoms with Gasteiger partial charge in [-0.1, -0.05) is 19.8 Å². The second-order valence-corrected chi connectivity index (χ2v) is 8.50. The first-order valence-electron chi connectivity index (χ1n) is 7.63. The Kier molecular flexibility index (Phi) is 5.07. The molecule has 1 N–H and O–H groups in total. The SMILES string of the molecule is CCS(=O)(=O)CCCN1C(C(=O)O)CC2CCCCC21. The predicted octanol–water partition coefficient (Wildman–Crippen LogP) is 1.53. The Hall–Kier alpha value is -0.620. The van der Waals surface area contributed by atoms with Crippen molar-refractivity contribution >= 4 is 15.8 Å². The minimum Gasteiger partial charge on any atom is -0.480 e. The Balaban J connectivity index is 1.97. The molecule has 0 spiro atoms. The number of carboxylic acid groups (broad SMARTS) is 1. The van der Waals surface area contributed by atoms with Gasteiger partial charge in [-0.2, -0.15) is 0 Å². The van der Waals surface area contributed by atoms with Crippen LogP contribution in [0.5, 0.6) is 0 Å². The molecule has 0 aromatic rings. The molecular weight excluding hydrogens is 278 g/mol. The molecule has 6 heteroatoms. The lowest BCUT2D eigenvalue weighted by atomic mass is 9.85. The van der Waals surface area contributed by atoms with E-state index in [0.717, 1.165) is 25.7 Å². The van der Waals surface area contributed by atoms with Gasteiger partial charge in [0.2, 0.25) is 0 Å². The van der Waals surface area contributed by atoms with Crippen molar-refractivity contribution in [2.45, 2.75) is 57.5 Å². The van der Waals surface area contributed by atoms with E-state index >= 15 is 0 Å². The molecule has 1 saturated heterocycles. The summed E-state index contributed by atoms with van der Waals surface area (Å²) in [5, 5.41) is 9.38. The fraction of sp³-hybridized carbons (Fsp3) is 0.929. The lowest BCUT2D eigenvalue weighted by Crippen LogP contribution is -2.43. The molecule has 2 aliphatic rings. The van der Waals surface area contributed by atoms with Gasteiger partial charge in [0, 0.05) is 18.3 Å². The van der Waals surface area contributed by atoms with E-state index in [1.807, 2.05) is 0 Å². The number of carbonyl (C=O) groups is 1. The summed E-state index contributed by atoms with van der Waals surface area (Å²) in [5.41, 5.74) is 0. The number of hydrogen-bond acceptors (Lipinski definition) is 4. The van der Waals surface area contributed by atoms with Gasteiger partial charge in [0.05, 0.1) is 5.75 Å². The molecule has 5 nitrogen and oxygen atoms in total. The number of likely N-dealkylation sites (tertiary alicyclic amines) is 1. The van der Waals surface area contributed by atoms with Gasteiger partial charge in [-0.15, -0.1) is 0 Å². The summed E-state index contributed by atoms with van der Waals surface area (Å²) in [6.07, 6.45) is 5.83. The van der Waals surface area contributed by atoms with E-state index in [-0.39, 0.29) is 11.5 Å². The van der Waals surface area contributed by atoms with E-state index in [1.54, 1.807) is 6.92 Å². The van der Waals surface area contributed by atoms with Crippen LogP contribution in [0.4, 0.5) is 0 Å². The molecule has 2 rings (SSSR count). The predicted molar refractivity (Wildman–Crippen MR) is 77.4 cm³/mol. The van der Waals surface area contributed by atoms with Crippen LogP contribution in [0.1, 0.15) is 45.4 Å². The molecule has 0 amide bonds. The van der Waals surface area contributed by atoms with Crippen LogP contribution in [0.3, 0.4) is 0 Å². The zero-order valence-electron chi connectivity index (χ0n) is 12.1. The molecule has 0 bridgehead atoms. The van der Waals surface area contributed by atoms with E-state index in [2.05, 4.69) is 4.90 Å². The van der Waals surface area contributed by atoms with Crippen molar-refractivity contribution in [3.8, 4) is 0 Å². The van der Waals surface area contributed by atoms with E-state index in [1.165, 1.54) is 6.42 Å². The lowest BCUT2D eigenvalue weighted by molar-refractivity contribution is -0.142. The number of fused-ring (bicyclic) bond motifs is 1. The minimum atomic E-state index is -2.95.